The summed E-state index contributed by atoms with van der Waals surface area (Å²) >= 11 is 4.85. The third-order valence-electron chi connectivity index (χ3n) is 2.13. The van der Waals surface area contributed by atoms with Gasteiger partial charge in [0.25, 0.3) is 0 Å². The predicted octanol–water partition coefficient (Wildman–Crippen LogP) is 3.72. The predicted molar refractivity (Wildman–Crippen MR) is 81.9 cm³/mol. The van der Waals surface area contributed by atoms with Gasteiger partial charge in [0.2, 0.25) is 0 Å². The number of nitriles is 2. The molecule has 0 aliphatic rings. The average molecular weight is 334 g/mol. The van der Waals surface area contributed by atoms with Gasteiger partial charge in [-0.15, -0.1) is 18.3 Å². The molecule has 0 bridgehead atoms. The fourth-order valence-electron chi connectivity index (χ4n) is 1.29. The van der Waals surface area contributed by atoms with Crippen molar-refractivity contribution in [3.8, 4) is 12.1 Å². The lowest BCUT2D eigenvalue weighted by atomic mass is 10.2. The minimum Gasteiger partial charge on any atom is -0.375 e. The van der Waals surface area contributed by atoms with Gasteiger partial charge in [-0.2, -0.15) is 10.5 Å². The number of halogens is 1. The maximum absolute atomic E-state index is 8.92. The first-order valence-electron chi connectivity index (χ1n) is 5.47. The monoisotopic (exact) mass is 333 g/mol. The Labute approximate surface area is 125 Å². The van der Waals surface area contributed by atoms with Gasteiger partial charge in [-0.05, 0) is 17.7 Å². The van der Waals surface area contributed by atoms with Crippen LogP contribution in [0, 0.1) is 22.7 Å². The van der Waals surface area contributed by atoms with Crippen LogP contribution in [0.4, 0.5) is 0 Å². The normalized spacial score (nSPS) is 9.00. The molecule has 0 saturated carbocycles. The minimum atomic E-state index is 0.0989. The molecule has 0 aliphatic heterocycles. The zero-order chi connectivity index (χ0) is 14.1. The fourth-order valence-corrected chi connectivity index (χ4v) is 2.64. The molecule has 1 rings (SSSR count). The highest BCUT2D eigenvalue weighted by atomic mass is 79.9. The van der Waals surface area contributed by atoms with Crippen molar-refractivity contribution >= 4 is 27.7 Å². The van der Waals surface area contributed by atoms with E-state index < -0.39 is 0 Å². The van der Waals surface area contributed by atoms with Crippen LogP contribution in [0.2, 0.25) is 0 Å². The first kappa shape index (κ1) is 15.4. The summed E-state index contributed by atoms with van der Waals surface area (Å²) in [5.74, 6) is 0.686. The van der Waals surface area contributed by atoms with Crippen LogP contribution < -0.4 is 5.32 Å². The topological polar surface area (TPSA) is 59.6 Å². The summed E-state index contributed by atoms with van der Waals surface area (Å²) in [5, 5.41) is 21.5. The zero-order valence-corrected chi connectivity index (χ0v) is 12.6. The van der Waals surface area contributed by atoms with Crippen LogP contribution in [0.1, 0.15) is 5.56 Å². The van der Waals surface area contributed by atoms with E-state index in [1.807, 2.05) is 36.4 Å². The van der Waals surface area contributed by atoms with E-state index >= 15 is 0 Å². The van der Waals surface area contributed by atoms with Gasteiger partial charge in [0.1, 0.15) is 12.1 Å². The maximum atomic E-state index is 8.92. The molecular formula is C14H12BrN3S. The molecule has 0 aromatic heterocycles. The van der Waals surface area contributed by atoms with Gasteiger partial charge < -0.3 is 5.32 Å². The average Bonchev–Trinajstić information content (AvgIpc) is 2.42. The Bertz CT molecular complexity index is 551. The van der Waals surface area contributed by atoms with Crippen molar-refractivity contribution in [2.75, 3.05) is 6.54 Å². The summed E-state index contributed by atoms with van der Waals surface area (Å²) in [6, 6.07) is 11.7. The van der Waals surface area contributed by atoms with Crippen molar-refractivity contribution in [2.45, 2.75) is 5.75 Å². The van der Waals surface area contributed by atoms with Crippen LogP contribution in [-0.4, -0.2) is 6.54 Å². The van der Waals surface area contributed by atoms with Crippen LogP contribution in [0.15, 0.2) is 52.0 Å². The molecule has 3 nitrogen and oxygen atoms in total. The quantitative estimate of drug-likeness (QED) is 0.636. The van der Waals surface area contributed by atoms with E-state index in [0.29, 0.717) is 17.3 Å². The molecule has 0 spiro atoms. The number of nitrogens with zero attached hydrogens (tertiary/aromatic N) is 2. The lowest BCUT2D eigenvalue weighted by Gasteiger charge is -2.09. The van der Waals surface area contributed by atoms with Gasteiger partial charge in [-0.1, -0.05) is 34.1 Å². The first-order valence-corrected chi connectivity index (χ1v) is 7.25. The van der Waals surface area contributed by atoms with Crippen LogP contribution >= 0.6 is 27.7 Å². The standard InChI is InChI=1S/C14H12BrN3S/c1-2-6-18-14(12(8-16)9-17)19-10-11-4-3-5-13(15)7-11/h2-5,7,18H,1,6,10H2. The van der Waals surface area contributed by atoms with Crippen molar-refractivity contribution in [1.82, 2.24) is 5.32 Å². The van der Waals surface area contributed by atoms with Crippen LogP contribution in [-0.2, 0) is 5.75 Å². The van der Waals surface area contributed by atoms with E-state index in [9.17, 15) is 0 Å². The SMILES string of the molecule is C=CCNC(SCc1cccc(Br)c1)=C(C#N)C#N. The second-order valence-corrected chi connectivity index (χ2v) is 5.42. The number of hydrogen-bond donors (Lipinski definition) is 1. The maximum Gasteiger partial charge on any atom is 0.159 e. The summed E-state index contributed by atoms with van der Waals surface area (Å²) in [6.45, 7) is 4.13. The van der Waals surface area contributed by atoms with Crippen LogP contribution in [0.25, 0.3) is 0 Å². The summed E-state index contributed by atoms with van der Waals surface area (Å²) < 4.78 is 1.01. The number of thioether (sulfide) groups is 1. The molecular weight excluding hydrogens is 322 g/mol. The molecule has 5 heteroatoms. The molecule has 0 unspecified atom stereocenters. The summed E-state index contributed by atoms with van der Waals surface area (Å²) in [6.07, 6.45) is 1.69. The minimum absolute atomic E-state index is 0.0989. The van der Waals surface area contributed by atoms with E-state index in [-0.39, 0.29) is 5.57 Å². The van der Waals surface area contributed by atoms with Crippen LogP contribution in [0.5, 0.6) is 0 Å². The van der Waals surface area contributed by atoms with Crippen LogP contribution in [0.3, 0.4) is 0 Å². The molecule has 96 valence electrons. The highest BCUT2D eigenvalue weighted by Crippen LogP contribution is 2.23. The zero-order valence-electron chi connectivity index (χ0n) is 10.2. The lowest BCUT2D eigenvalue weighted by molar-refractivity contribution is 0.963. The third-order valence-corrected chi connectivity index (χ3v) is 3.74. The Morgan fingerprint density at radius 2 is 2.16 bits per heavy atom. The molecule has 0 atom stereocenters. The first-order chi connectivity index (χ1) is 9.21. The Kier molecular flexibility index (Phi) is 6.81. The summed E-state index contributed by atoms with van der Waals surface area (Å²) in [4.78, 5) is 0. The van der Waals surface area contributed by atoms with Gasteiger partial charge in [0.15, 0.2) is 5.57 Å². The molecule has 0 radical (unpaired) electrons. The number of rotatable bonds is 6. The molecule has 0 amide bonds. The molecule has 1 aromatic carbocycles. The fraction of sp³-hybridized carbons (Fsp3) is 0.143. The second-order valence-electron chi connectivity index (χ2n) is 3.52. The van der Waals surface area contributed by atoms with Gasteiger partial charge in [-0.25, -0.2) is 0 Å². The largest absolute Gasteiger partial charge is 0.375 e. The molecule has 0 saturated heterocycles. The Balaban J connectivity index is 2.80. The smallest absolute Gasteiger partial charge is 0.159 e. The Morgan fingerprint density at radius 1 is 1.42 bits per heavy atom. The number of hydrogen-bond acceptors (Lipinski definition) is 4. The molecule has 0 aliphatic carbocycles. The number of benzene rings is 1. The van der Waals surface area contributed by atoms with Gasteiger partial charge in [0.05, 0.1) is 5.03 Å². The second kappa shape index (κ2) is 8.42. The lowest BCUT2D eigenvalue weighted by Crippen LogP contribution is -2.12. The van der Waals surface area contributed by atoms with Crippen molar-refractivity contribution < 1.29 is 0 Å². The van der Waals surface area contributed by atoms with Crippen molar-refractivity contribution in [1.29, 1.82) is 10.5 Å². The molecule has 1 aromatic rings. The summed E-state index contributed by atoms with van der Waals surface area (Å²) in [7, 11) is 0. The van der Waals surface area contributed by atoms with E-state index in [0.717, 1.165) is 10.0 Å². The van der Waals surface area contributed by atoms with Gasteiger partial charge >= 0.3 is 0 Å². The Hall–Kier alpha value is -1.69. The number of nitrogens with one attached hydrogen (secondary N) is 1. The van der Waals surface area contributed by atoms with Gasteiger partial charge in [0, 0.05) is 16.8 Å². The third kappa shape index (κ3) is 5.21. The Morgan fingerprint density at radius 3 is 2.74 bits per heavy atom. The highest BCUT2D eigenvalue weighted by Gasteiger charge is 2.07. The van der Waals surface area contributed by atoms with Crippen molar-refractivity contribution in [3.63, 3.8) is 0 Å². The highest BCUT2D eigenvalue weighted by molar-refractivity contribution is 9.10. The van der Waals surface area contributed by atoms with Crippen molar-refractivity contribution in [3.05, 3.63) is 57.6 Å². The molecule has 0 heterocycles. The van der Waals surface area contributed by atoms with Gasteiger partial charge in [-0.3, -0.25) is 0 Å². The van der Waals surface area contributed by atoms with Crippen molar-refractivity contribution in [2.24, 2.45) is 0 Å². The summed E-state index contributed by atoms with van der Waals surface area (Å²) in [5.41, 5.74) is 1.22. The molecule has 19 heavy (non-hydrogen) atoms. The number of allylic oxidation sites excluding steroid dienone is 1. The van der Waals surface area contributed by atoms with E-state index in [1.165, 1.54) is 11.8 Å². The van der Waals surface area contributed by atoms with E-state index in [2.05, 4.69) is 27.8 Å². The van der Waals surface area contributed by atoms with E-state index in [4.69, 9.17) is 10.5 Å². The molecule has 0 fully saturated rings. The molecule has 1 N–H and O–H groups in total. The van der Waals surface area contributed by atoms with E-state index in [1.54, 1.807) is 6.08 Å².